The van der Waals surface area contributed by atoms with E-state index in [2.05, 4.69) is 15.4 Å². The van der Waals surface area contributed by atoms with Gasteiger partial charge >= 0.3 is 0 Å². The molecule has 8 heteroatoms. The second-order valence-corrected chi connectivity index (χ2v) is 7.12. The molecule has 0 radical (unpaired) electrons. The minimum atomic E-state index is -3.51. The van der Waals surface area contributed by atoms with Crippen LogP contribution in [0.15, 0.2) is 18.2 Å². The van der Waals surface area contributed by atoms with Crippen LogP contribution in [0.2, 0.25) is 0 Å². The van der Waals surface area contributed by atoms with Gasteiger partial charge in [-0.05, 0) is 37.6 Å². The fourth-order valence-electron chi connectivity index (χ4n) is 2.56. The van der Waals surface area contributed by atoms with Gasteiger partial charge in [-0.15, -0.1) is 0 Å². The van der Waals surface area contributed by atoms with Gasteiger partial charge in [-0.3, -0.25) is 19.6 Å². The van der Waals surface area contributed by atoms with Crippen LogP contribution in [-0.4, -0.2) is 38.6 Å². The van der Waals surface area contributed by atoms with E-state index in [0.717, 1.165) is 13.0 Å². The van der Waals surface area contributed by atoms with Crippen LogP contribution in [0.5, 0.6) is 0 Å². The predicted octanol–water partition coefficient (Wildman–Crippen LogP) is 0.0639. The van der Waals surface area contributed by atoms with E-state index in [-0.39, 0.29) is 11.1 Å². The molecule has 3 rings (SSSR count). The molecule has 2 heterocycles. The summed E-state index contributed by atoms with van der Waals surface area (Å²) in [5, 5.41) is 4.73. The van der Waals surface area contributed by atoms with Gasteiger partial charge in [-0.2, -0.15) is 0 Å². The summed E-state index contributed by atoms with van der Waals surface area (Å²) in [5.74, 6) is -0.962. The average Bonchev–Trinajstić information content (AvgIpc) is 2.74. The molecule has 112 valence electrons. The molecule has 0 aromatic heterocycles. The Morgan fingerprint density at radius 3 is 2.62 bits per heavy atom. The Bertz CT molecular complexity index is 708. The Hall–Kier alpha value is -1.93. The molecule has 0 spiro atoms. The van der Waals surface area contributed by atoms with Gasteiger partial charge in [0, 0.05) is 12.2 Å². The van der Waals surface area contributed by atoms with Crippen molar-refractivity contribution in [2.24, 2.45) is 0 Å². The molecule has 1 unspecified atom stereocenters. The Morgan fingerprint density at radius 2 is 1.90 bits per heavy atom. The zero-order valence-electron chi connectivity index (χ0n) is 11.2. The van der Waals surface area contributed by atoms with Crippen LogP contribution in [0.3, 0.4) is 0 Å². The predicted molar refractivity (Wildman–Crippen MR) is 76.7 cm³/mol. The third kappa shape index (κ3) is 2.64. The maximum atomic E-state index is 12.3. The number of amides is 2. The first kappa shape index (κ1) is 14.0. The number of carbonyl (C=O) groups excluding carboxylic acids is 2. The molecular formula is C13H15N3O4S. The number of fused-ring (bicyclic) bond motifs is 1. The summed E-state index contributed by atoms with van der Waals surface area (Å²) in [7, 11) is -3.51. The highest BCUT2D eigenvalue weighted by atomic mass is 32.2. The summed E-state index contributed by atoms with van der Waals surface area (Å²) >= 11 is 0. The SMILES string of the molecule is O=C1NC(=O)c2cc(NS(=O)(=O)C3CCCNC3)ccc21. The Morgan fingerprint density at radius 1 is 1.14 bits per heavy atom. The zero-order chi connectivity index (χ0) is 15.0. The fourth-order valence-corrected chi connectivity index (χ4v) is 4.00. The van der Waals surface area contributed by atoms with Crippen LogP contribution >= 0.6 is 0 Å². The Kier molecular flexibility index (Phi) is 3.42. The molecule has 0 bridgehead atoms. The Labute approximate surface area is 122 Å². The zero-order valence-corrected chi connectivity index (χ0v) is 12.0. The lowest BCUT2D eigenvalue weighted by Crippen LogP contribution is -2.41. The van der Waals surface area contributed by atoms with Gasteiger partial charge in [0.15, 0.2) is 0 Å². The molecule has 1 atom stereocenters. The van der Waals surface area contributed by atoms with E-state index in [1.807, 2.05) is 0 Å². The second kappa shape index (κ2) is 5.12. The first-order valence-corrected chi connectivity index (χ1v) is 8.24. The van der Waals surface area contributed by atoms with Crippen LogP contribution in [0.25, 0.3) is 0 Å². The van der Waals surface area contributed by atoms with Crippen molar-refractivity contribution in [1.82, 2.24) is 10.6 Å². The van der Waals surface area contributed by atoms with Crippen molar-refractivity contribution in [3.05, 3.63) is 29.3 Å². The summed E-state index contributed by atoms with van der Waals surface area (Å²) in [6, 6.07) is 4.33. The van der Waals surface area contributed by atoms with Crippen molar-refractivity contribution in [3.63, 3.8) is 0 Å². The van der Waals surface area contributed by atoms with Crippen LogP contribution in [0.4, 0.5) is 5.69 Å². The molecule has 3 N–H and O–H groups in total. The number of nitrogens with one attached hydrogen (secondary N) is 3. The molecule has 0 aliphatic carbocycles. The molecule has 1 aromatic carbocycles. The van der Waals surface area contributed by atoms with Crippen molar-refractivity contribution < 1.29 is 18.0 Å². The number of carbonyl (C=O) groups is 2. The normalized spacial score (nSPS) is 21.8. The van der Waals surface area contributed by atoms with Crippen molar-refractivity contribution in [1.29, 1.82) is 0 Å². The van der Waals surface area contributed by atoms with Crippen LogP contribution in [0, 0.1) is 0 Å². The number of imide groups is 1. The number of rotatable bonds is 3. The Balaban J connectivity index is 1.84. The average molecular weight is 309 g/mol. The molecular weight excluding hydrogens is 294 g/mol. The minimum absolute atomic E-state index is 0.196. The van der Waals surface area contributed by atoms with Crippen molar-refractivity contribution in [2.75, 3.05) is 17.8 Å². The second-order valence-electron chi connectivity index (χ2n) is 5.16. The molecule has 0 saturated carbocycles. The molecule has 2 aliphatic rings. The van der Waals surface area contributed by atoms with Crippen molar-refractivity contribution in [3.8, 4) is 0 Å². The van der Waals surface area contributed by atoms with Crippen LogP contribution in [0.1, 0.15) is 33.6 Å². The standard InChI is InChI=1S/C13H15N3O4S/c17-12-10-4-3-8(6-11(10)13(18)15-12)16-21(19,20)9-2-1-5-14-7-9/h3-4,6,9,14,16H,1-2,5,7H2,(H,15,17,18). The monoisotopic (exact) mass is 309 g/mol. The summed E-state index contributed by atoms with van der Waals surface area (Å²) in [6.45, 7) is 1.24. The lowest BCUT2D eigenvalue weighted by Gasteiger charge is -2.23. The third-order valence-corrected chi connectivity index (χ3v) is 5.49. The van der Waals surface area contributed by atoms with Crippen LogP contribution in [-0.2, 0) is 10.0 Å². The van der Waals surface area contributed by atoms with Gasteiger partial charge in [0.25, 0.3) is 11.8 Å². The van der Waals surface area contributed by atoms with Crippen LogP contribution < -0.4 is 15.4 Å². The number of sulfonamides is 1. The van der Waals surface area contributed by atoms with E-state index < -0.39 is 27.1 Å². The maximum absolute atomic E-state index is 12.3. The van der Waals surface area contributed by atoms with E-state index in [4.69, 9.17) is 0 Å². The number of piperidine rings is 1. The van der Waals surface area contributed by atoms with E-state index in [9.17, 15) is 18.0 Å². The molecule has 2 aliphatic heterocycles. The van der Waals surface area contributed by atoms with E-state index >= 15 is 0 Å². The first-order chi connectivity index (χ1) is 9.97. The molecule has 21 heavy (non-hydrogen) atoms. The molecule has 1 aromatic rings. The summed E-state index contributed by atoms with van der Waals surface area (Å²) in [6.07, 6.45) is 1.42. The topological polar surface area (TPSA) is 104 Å². The summed E-state index contributed by atoms with van der Waals surface area (Å²) < 4.78 is 27.1. The lowest BCUT2D eigenvalue weighted by molar-refractivity contribution is 0.0879. The fraction of sp³-hybridized carbons (Fsp3) is 0.385. The summed E-state index contributed by atoms with van der Waals surface area (Å²) in [5.41, 5.74) is 0.758. The van der Waals surface area contributed by atoms with Gasteiger partial charge in [-0.1, -0.05) is 0 Å². The quantitative estimate of drug-likeness (QED) is 0.685. The minimum Gasteiger partial charge on any atom is -0.315 e. The lowest BCUT2D eigenvalue weighted by atomic mass is 10.1. The number of hydrogen-bond donors (Lipinski definition) is 3. The molecule has 1 saturated heterocycles. The molecule has 2 amide bonds. The number of anilines is 1. The first-order valence-electron chi connectivity index (χ1n) is 6.69. The van der Waals surface area contributed by atoms with Gasteiger partial charge in [0.1, 0.15) is 0 Å². The van der Waals surface area contributed by atoms with Crippen molar-refractivity contribution in [2.45, 2.75) is 18.1 Å². The largest absolute Gasteiger partial charge is 0.315 e. The molecule has 7 nitrogen and oxygen atoms in total. The smallest absolute Gasteiger partial charge is 0.259 e. The van der Waals surface area contributed by atoms with E-state index in [1.165, 1.54) is 18.2 Å². The third-order valence-electron chi connectivity index (χ3n) is 3.69. The highest BCUT2D eigenvalue weighted by Crippen LogP contribution is 2.22. The highest BCUT2D eigenvalue weighted by Gasteiger charge is 2.29. The van der Waals surface area contributed by atoms with Gasteiger partial charge in [0.2, 0.25) is 10.0 Å². The number of hydrogen-bond acceptors (Lipinski definition) is 5. The van der Waals surface area contributed by atoms with Gasteiger partial charge in [0.05, 0.1) is 16.4 Å². The molecule has 1 fully saturated rings. The van der Waals surface area contributed by atoms with Crippen molar-refractivity contribution >= 4 is 27.5 Å². The summed E-state index contributed by atoms with van der Waals surface area (Å²) in [4.78, 5) is 23.0. The number of benzene rings is 1. The highest BCUT2D eigenvalue weighted by molar-refractivity contribution is 7.93. The maximum Gasteiger partial charge on any atom is 0.259 e. The van der Waals surface area contributed by atoms with Gasteiger partial charge < -0.3 is 5.32 Å². The van der Waals surface area contributed by atoms with E-state index in [1.54, 1.807) is 0 Å². The van der Waals surface area contributed by atoms with E-state index in [0.29, 0.717) is 18.7 Å². The van der Waals surface area contributed by atoms with Gasteiger partial charge in [-0.25, -0.2) is 8.42 Å².